The first-order chi connectivity index (χ1) is 29.1. The number of ether oxygens (including phenoxy) is 1. The summed E-state index contributed by atoms with van der Waals surface area (Å²) < 4.78 is 26.8. The van der Waals surface area contributed by atoms with Crippen LogP contribution in [0.3, 0.4) is 0 Å². The number of hydrogen-bond acceptors (Lipinski definition) is 8. The van der Waals surface area contributed by atoms with Gasteiger partial charge >= 0.3 is 19.8 Å². The normalized spacial score (nSPS) is 14.6. The molecular formula is C48H78NO10P. The molecular weight excluding hydrogens is 781 g/mol. The third kappa shape index (κ3) is 41.1. The minimum Gasteiger partial charge on any atom is -0.480 e. The van der Waals surface area contributed by atoms with Crippen molar-refractivity contribution in [2.45, 2.75) is 167 Å². The molecule has 0 saturated heterocycles. The number of unbranched alkanes of at least 4 members (excludes halogenated alkanes) is 10. The molecule has 0 rings (SSSR count). The zero-order valence-electron chi connectivity index (χ0n) is 36.7. The molecule has 12 heteroatoms. The predicted octanol–water partition coefficient (Wildman–Crippen LogP) is 11.7. The van der Waals surface area contributed by atoms with Gasteiger partial charge < -0.3 is 25.2 Å². The van der Waals surface area contributed by atoms with Crippen LogP contribution in [-0.4, -0.2) is 64.9 Å². The second kappa shape index (κ2) is 42.1. The van der Waals surface area contributed by atoms with Crippen LogP contribution in [0.15, 0.2) is 97.2 Å². The van der Waals surface area contributed by atoms with E-state index < -0.39 is 57.6 Å². The van der Waals surface area contributed by atoms with Gasteiger partial charge in [0, 0.05) is 12.8 Å². The highest BCUT2D eigenvalue weighted by molar-refractivity contribution is 7.47. The number of carboxylic acids is 1. The van der Waals surface area contributed by atoms with E-state index in [9.17, 15) is 34.1 Å². The number of carbonyl (C=O) groups excluding carboxylic acids is 2. The Labute approximate surface area is 362 Å². The molecule has 4 N–H and O–H groups in total. The van der Waals surface area contributed by atoms with Gasteiger partial charge in [-0.2, -0.15) is 0 Å². The number of amides is 1. The molecule has 3 unspecified atom stereocenters. The summed E-state index contributed by atoms with van der Waals surface area (Å²) in [7, 11) is -4.78. The largest absolute Gasteiger partial charge is 0.480 e. The monoisotopic (exact) mass is 860 g/mol. The maximum Gasteiger partial charge on any atom is 0.472 e. The molecule has 340 valence electrons. The zero-order valence-corrected chi connectivity index (χ0v) is 37.6. The molecule has 0 aromatic carbocycles. The highest BCUT2D eigenvalue weighted by Crippen LogP contribution is 2.43. The molecule has 0 aromatic heterocycles. The number of nitrogens with one attached hydrogen (secondary N) is 1. The third-order valence-corrected chi connectivity index (χ3v) is 9.81. The van der Waals surface area contributed by atoms with Crippen LogP contribution in [0.4, 0.5) is 0 Å². The lowest BCUT2D eigenvalue weighted by Crippen LogP contribution is -2.43. The smallest absolute Gasteiger partial charge is 0.472 e. The van der Waals surface area contributed by atoms with Crippen LogP contribution >= 0.6 is 7.82 Å². The van der Waals surface area contributed by atoms with Gasteiger partial charge in [0.1, 0.15) is 12.7 Å². The molecule has 0 spiro atoms. The number of phosphoric ester groups is 1. The number of carbonyl (C=O) groups is 3. The van der Waals surface area contributed by atoms with Crippen LogP contribution in [0.5, 0.6) is 0 Å². The fourth-order valence-corrected chi connectivity index (χ4v) is 6.18. The van der Waals surface area contributed by atoms with Gasteiger partial charge in [0.15, 0.2) is 6.04 Å². The number of hydrogen-bond donors (Lipinski definition) is 4. The minimum atomic E-state index is -4.78. The van der Waals surface area contributed by atoms with Gasteiger partial charge in [0.05, 0.1) is 13.2 Å². The standard InChI is InChI=1S/C48H78NO10P/c1-3-5-7-9-11-13-15-17-19-20-21-22-23-24-26-27-29-31-33-35-37-39-46(51)49-45(48(53)54)43-59-60(55,56)58-42-44(50)41-57-47(52)40-38-36-34-32-30-28-25-18-16-14-12-10-8-6-4-2/h5,7,11-14,17-19,21-22,24-26,29,31,44-45,50H,3-4,6,8-10,15-16,20,23,27-28,30,32-43H2,1-2H3,(H,49,51)(H,53,54)(H,55,56)/b7-5-,13-11-,14-12-,19-17-,22-21-,25-18-,26-24-,31-29-. The van der Waals surface area contributed by atoms with E-state index in [-0.39, 0.29) is 12.8 Å². The van der Waals surface area contributed by atoms with Crippen LogP contribution in [0.2, 0.25) is 0 Å². The molecule has 0 heterocycles. The number of rotatable bonds is 40. The summed E-state index contributed by atoms with van der Waals surface area (Å²) in [6.07, 6.45) is 52.9. The summed E-state index contributed by atoms with van der Waals surface area (Å²) in [6, 6.07) is -1.58. The van der Waals surface area contributed by atoms with Gasteiger partial charge in [-0.15, -0.1) is 0 Å². The van der Waals surface area contributed by atoms with Crippen LogP contribution < -0.4 is 5.32 Å². The average molecular weight is 860 g/mol. The molecule has 0 saturated carbocycles. The first-order valence-electron chi connectivity index (χ1n) is 22.3. The topological polar surface area (TPSA) is 169 Å². The van der Waals surface area contributed by atoms with Crippen LogP contribution in [0, 0.1) is 0 Å². The van der Waals surface area contributed by atoms with Crippen molar-refractivity contribution in [3.63, 3.8) is 0 Å². The van der Waals surface area contributed by atoms with Crippen molar-refractivity contribution in [3.8, 4) is 0 Å². The van der Waals surface area contributed by atoms with Crippen molar-refractivity contribution >= 4 is 25.7 Å². The quantitative estimate of drug-likeness (QED) is 0.0201. The number of aliphatic hydroxyl groups excluding tert-OH is 1. The molecule has 0 aliphatic rings. The van der Waals surface area contributed by atoms with E-state index in [1.165, 1.54) is 19.3 Å². The summed E-state index contributed by atoms with van der Waals surface area (Å²) in [6.45, 7) is 2.39. The number of esters is 1. The van der Waals surface area contributed by atoms with Crippen LogP contribution in [-0.2, 0) is 32.7 Å². The average Bonchev–Trinajstić information content (AvgIpc) is 3.22. The van der Waals surface area contributed by atoms with Crippen molar-refractivity contribution in [1.82, 2.24) is 5.32 Å². The lowest BCUT2D eigenvalue weighted by atomic mass is 10.1. The van der Waals surface area contributed by atoms with Crippen LogP contribution in [0.25, 0.3) is 0 Å². The van der Waals surface area contributed by atoms with Gasteiger partial charge in [0.25, 0.3) is 0 Å². The molecule has 0 aliphatic carbocycles. The Hall–Kier alpha value is -3.60. The first-order valence-corrected chi connectivity index (χ1v) is 23.8. The number of allylic oxidation sites excluding steroid dienone is 16. The molecule has 60 heavy (non-hydrogen) atoms. The van der Waals surface area contributed by atoms with Gasteiger partial charge in [-0.3, -0.25) is 18.6 Å². The molecule has 0 aliphatic heterocycles. The summed E-state index contributed by atoms with van der Waals surface area (Å²) in [4.78, 5) is 45.9. The van der Waals surface area contributed by atoms with E-state index in [2.05, 4.69) is 110 Å². The van der Waals surface area contributed by atoms with Crippen molar-refractivity contribution in [2.24, 2.45) is 0 Å². The Morgan fingerprint density at radius 1 is 0.550 bits per heavy atom. The second-order valence-corrected chi connectivity index (χ2v) is 16.0. The van der Waals surface area contributed by atoms with Gasteiger partial charge in [0.2, 0.25) is 5.91 Å². The van der Waals surface area contributed by atoms with E-state index in [0.717, 1.165) is 96.3 Å². The summed E-state index contributed by atoms with van der Waals surface area (Å²) >= 11 is 0. The molecule has 0 radical (unpaired) electrons. The zero-order chi connectivity index (χ0) is 44.2. The maximum absolute atomic E-state index is 12.3. The fraction of sp³-hybridized carbons (Fsp3) is 0.604. The Balaban J connectivity index is 4.03. The summed E-state index contributed by atoms with van der Waals surface area (Å²) in [5.74, 6) is -2.46. The van der Waals surface area contributed by atoms with E-state index in [1.54, 1.807) is 0 Å². The third-order valence-electron chi connectivity index (χ3n) is 8.86. The number of aliphatic carboxylic acids is 1. The molecule has 0 fully saturated rings. The van der Waals surface area contributed by atoms with Crippen molar-refractivity contribution in [3.05, 3.63) is 97.2 Å². The van der Waals surface area contributed by atoms with Crippen molar-refractivity contribution in [2.75, 3.05) is 19.8 Å². The lowest BCUT2D eigenvalue weighted by Gasteiger charge is -2.18. The van der Waals surface area contributed by atoms with E-state index in [0.29, 0.717) is 12.8 Å². The maximum atomic E-state index is 12.3. The Morgan fingerprint density at radius 3 is 1.47 bits per heavy atom. The van der Waals surface area contributed by atoms with Crippen molar-refractivity contribution in [1.29, 1.82) is 0 Å². The number of carboxylic acid groups (broad SMARTS) is 1. The predicted molar refractivity (Wildman–Crippen MR) is 244 cm³/mol. The van der Waals surface area contributed by atoms with E-state index in [1.807, 2.05) is 6.08 Å². The molecule has 0 bridgehead atoms. The Bertz CT molecular complexity index is 1380. The Morgan fingerprint density at radius 2 is 0.967 bits per heavy atom. The molecule has 1 amide bonds. The van der Waals surface area contributed by atoms with Crippen molar-refractivity contribution < 1.29 is 47.8 Å². The lowest BCUT2D eigenvalue weighted by molar-refractivity contribution is -0.147. The van der Waals surface area contributed by atoms with Gasteiger partial charge in [-0.05, 0) is 96.3 Å². The highest BCUT2D eigenvalue weighted by Gasteiger charge is 2.28. The molecule has 0 aromatic rings. The molecule has 11 nitrogen and oxygen atoms in total. The Kier molecular flexibility index (Phi) is 39.6. The first kappa shape index (κ1) is 56.4. The van der Waals surface area contributed by atoms with E-state index in [4.69, 9.17) is 13.8 Å². The number of aliphatic hydroxyl groups is 1. The minimum absolute atomic E-state index is 0.0835. The van der Waals surface area contributed by atoms with Gasteiger partial charge in [-0.1, -0.05) is 143 Å². The SMILES string of the molecule is CC/C=C\C/C=C\C/C=C\C/C=C\C/C=C\C/C=C\CCCCC(=O)NC(COP(=O)(O)OCC(O)COC(=O)CCCCCCC/C=C\C/C=C\CCCCC)C(=O)O. The fourth-order valence-electron chi connectivity index (χ4n) is 5.40. The van der Waals surface area contributed by atoms with E-state index >= 15 is 0 Å². The number of phosphoric acid groups is 1. The summed E-state index contributed by atoms with van der Waals surface area (Å²) in [5, 5.41) is 21.8. The van der Waals surface area contributed by atoms with Gasteiger partial charge in [-0.25, -0.2) is 9.36 Å². The second-order valence-electron chi connectivity index (χ2n) is 14.5. The highest BCUT2D eigenvalue weighted by atomic mass is 31.2. The summed E-state index contributed by atoms with van der Waals surface area (Å²) in [5.41, 5.74) is 0. The molecule has 3 atom stereocenters. The van der Waals surface area contributed by atoms with Crippen LogP contribution in [0.1, 0.15) is 155 Å².